The summed E-state index contributed by atoms with van der Waals surface area (Å²) in [5, 5.41) is 18.8. The Hall–Kier alpha value is -0.705. The van der Waals surface area contributed by atoms with Gasteiger partial charge in [0.25, 0.3) is 0 Å². The minimum Gasteiger partial charge on any atom is -0.494 e. The van der Waals surface area contributed by atoms with Crippen molar-refractivity contribution in [2.75, 3.05) is 6.61 Å². The molecule has 0 aromatic heterocycles. The molecule has 0 radical (unpaired) electrons. The number of benzene rings is 1. The first-order valence-electron chi connectivity index (χ1n) is 4.95. The predicted octanol–water partition coefficient (Wildman–Crippen LogP) is 0.809. The number of hydrogen-bond donors (Lipinski definition) is 2. The molecule has 0 atom stereocenters. The second kappa shape index (κ2) is 4.43. The second-order valence-corrected chi connectivity index (χ2v) is 4.25. The molecule has 80 valence electrons. The lowest BCUT2D eigenvalue weighted by molar-refractivity contribution is 0.300. The average molecular weight is 226 g/mol. The smallest absolute Gasteiger partial charge is 0.492 e. The summed E-state index contributed by atoms with van der Waals surface area (Å²) in [6.45, 7) is 0.625. The Balaban J connectivity index is 2.13. The quantitative estimate of drug-likeness (QED) is 0.747. The molecule has 1 aromatic rings. The highest BCUT2D eigenvalue weighted by Gasteiger charge is 2.24. The van der Waals surface area contributed by atoms with Gasteiger partial charge in [-0.3, -0.25) is 0 Å². The summed E-state index contributed by atoms with van der Waals surface area (Å²) >= 11 is 5.81. The van der Waals surface area contributed by atoms with Crippen LogP contribution in [0.25, 0.3) is 0 Å². The van der Waals surface area contributed by atoms with Gasteiger partial charge in [0.15, 0.2) is 0 Å². The maximum atomic E-state index is 9.11. The van der Waals surface area contributed by atoms with Crippen molar-refractivity contribution in [1.29, 1.82) is 0 Å². The van der Waals surface area contributed by atoms with Crippen molar-refractivity contribution in [3.05, 3.63) is 23.2 Å². The van der Waals surface area contributed by atoms with Gasteiger partial charge in [-0.25, -0.2) is 0 Å². The molecule has 1 aliphatic carbocycles. The van der Waals surface area contributed by atoms with E-state index in [1.54, 1.807) is 18.2 Å². The Morgan fingerprint density at radius 1 is 1.40 bits per heavy atom. The van der Waals surface area contributed by atoms with Gasteiger partial charge in [-0.05, 0) is 30.9 Å². The highest BCUT2D eigenvalue weighted by atomic mass is 35.5. The molecule has 1 fully saturated rings. The van der Waals surface area contributed by atoms with Gasteiger partial charge >= 0.3 is 7.12 Å². The molecule has 5 heteroatoms. The molecule has 0 unspecified atom stereocenters. The Labute approximate surface area is 93.8 Å². The fourth-order valence-electron chi connectivity index (χ4n) is 1.34. The van der Waals surface area contributed by atoms with Crippen LogP contribution >= 0.6 is 11.6 Å². The Morgan fingerprint density at radius 2 is 2.13 bits per heavy atom. The first-order valence-corrected chi connectivity index (χ1v) is 5.33. The molecule has 0 bridgehead atoms. The number of hydrogen-bond acceptors (Lipinski definition) is 3. The Morgan fingerprint density at radius 3 is 2.73 bits per heavy atom. The Kier molecular flexibility index (Phi) is 3.19. The van der Waals surface area contributed by atoms with Crippen molar-refractivity contribution in [2.24, 2.45) is 5.92 Å². The summed E-state index contributed by atoms with van der Waals surface area (Å²) in [4.78, 5) is 0. The molecular weight excluding hydrogens is 214 g/mol. The van der Waals surface area contributed by atoms with Crippen molar-refractivity contribution in [2.45, 2.75) is 12.8 Å². The molecule has 0 heterocycles. The van der Waals surface area contributed by atoms with Gasteiger partial charge in [0.05, 0.1) is 6.61 Å². The topological polar surface area (TPSA) is 49.7 Å². The van der Waals surface area contributed by atoms with Crippen molar-refractivity contribution >= 4 is 24.2 Å². The fourth-order valence-corrected chi connectivity index (χ4v) is 1.50. The minimum absolute atomic E-state index is 0.361. The van der Waals surface area contributed by atoms with E-state index in [2.05, 4.69) is 0 Å². The van der Waals surface area contributed by atoms with Gasteiger partial charge in [-0.1, -0.05) is 17.7 Å². The van der Waals surface area contributed by atoms with Crippen LogP contribution in [0.4, 0.5) is 0 Å². The van der Waals surface area contributed by atoms with Crippen LogP contribution in [0.2, 0.25) is 5.02 Å². The summed E-state index contributed by atoms with van der Waals surface area (Å²) in [6.07, 6.45) is 2.38. The molecule has 0 amide bonds. The largest absolute Gasteiger partial charge is 0.494 e. The molecule has 2 N–H and O–H groups in total. The van der Waals surface area contributed by atoms with E-state index in [-0.39, 0.29) is 0 Å². The van der Waals surface area contributed by atoms with Crippen molar-refractivity contribution in [3.63, 3.8) is 0 Å². The zero-order valence-electron chi connectivity index (χ0n) is 8.19. The number of ether oxygens (including phenoxy) is 1. The third kappa shape index (κ3) is 2.87. The molecule has 1 saturated carbocycles. The summed E-state index contributed by atoms with van der Waals surface area (Å²) in [6, 6.07) is 4.79. The highest BCUT2D eigenvalue weighted by molar-refractivity contribution is 6.59. The minimum atomic E-state index is -1.52. The van der Waals surface area contributed by atoms with E-state index in [4.69, 9.17) is 26.4 Å². The van der Waals surface area contributed by atoms with Gasteiger partial charge in [0.2, 0.25) is 0 Å². The van der Waals surface area contributed by atoms with E-state index >= 15 is 0 Å². The highest BCUT2D eigenvalue weighted by Crippen LogP contribution is 2.29. The molecule has 15 heavy (non-hydrogen) atoms. The zero-order chi connectivity index (χ0) is 10.8. The first kappa shape index (κ1) is 10.8. The maximum Gasteiger partial charge on any atom is 0.492 e. The zero-order valence-corrected chi connectivity index (χ0v) is 8.94. The number of rotatable bonds is 4. The van der Waals surface area contributed by atoms with Gasteiger partial charge < -0.3 is 14.8 Å². The van der Waals surface area contributed by atoms with E-state index in [0.29, 0.717) is 28.8 Å². The van der Waals surface area contributed by atoms with Gasteiger partial charge in [-0.15, -0.1) is 0 Å². The molecule has 0 saturated heterocycles. The fraction of sp³-hybridized carbons (Fsp3) is 0.400. The normalized spacial score (nSPS) is 15.1. The molecule has 2 rings (SSSR count). The predicted molar refractivity (Wildman–Crippen MR) is 59.5 cm³/mol. The lowest BCUT2D eigenvalue weighted by atomic mass is 9.79. The van der Waals surface area contributed by atoms with E-state index in [1.165, 1.54) is 12.8 Å². The van der Waals surface area contributed by atoms with Crippen LogP contribution in [-0.4, -0.2) is 23.8 Å². The van der Waals surface area contributed by atoms with Crippen LogP contribution in [0.15, 0.2) is 18.2 Å². The monoisotopic (exact) mass is 226 g/mol. The van der Waals surface area contributed by atoms with E-state index < -0.39 is 7.12 Å². The van der Waals surface area contributed by atoms with Crippen LogP contribution in [0, 0.1) is 5.92 Å². The molecule has 1 aliphatic rings. The van der Waals surface area contributed by atoms with Gasteiger partial charge in [-0.2, -0.15) is 0 Å². The lowest BCUT2D eigenvalue weighted by Crippen LogP contribution is -2.31. The summed E-state index contributed by atoms with van der Waals surface area (Å²) in [5.74, 6) is 1.08. The van der Waals surface area contributed by atoms with Crippen LogP contribution in [0.1, 0.15) is 12.8 Å². The SMILES string of the molecule is OB(O)c1ccc(Cl)cc1OCC1CC1. The third-order valence-corrected chi connectivity index (χ3v) is 2.66. The van der Waals surface area contributed by atoms with Crippen LogP contribution < -0.4 is 10.2 Å². The summed E-state index contributed by atoms with van der Waals surface area (Å²) < 4.78 is 5.50. The maximum absolute atomic E-state index is 9.11. The summed E-state index contributed by atoms with van der Waals surface area (Å²) in [5.41, 5.74) is 0.361. The van der Waals surface area contributed by atoms with E-state index in [9.17, 15) is 0 Å². The summed E-state index contributed by atoms with van der Waals surface area (Å²) in [7, 11) is -1.52. The standard InChI is InChI=1S/C10H12BClO3/c12-8-3-4-9(11(13)14)10(5-8)15-6-7-1-2-7/h3-5,7,13-14H,1-2,6H2. The molecule has 0 aliphatic heterocycles. The van der Waals surface area contributed by atoms with Crippen LogP contribution in [-0.2, 0) is 0 Å². The Bertz CT molecular complexity index is 353. The van der Waals surface area contributed by atoms with E-state index in [0.717, 1.165) is 0 Å². The molecular formula is C10H12BClO3. The molecule has 3 nitrogen and oxygen atoms in total. The van der Waals surface area contributed by atoms with Crippen LogP contribution in [0.5, 0.6) is 5.75 Å². The average Bonchev–Trinajstić information content (AvgIpc) is 2.97. The van der Waals surface area contributed by atoms with Crippen molar-refractivity contribution in [1.82, 2.24) is 0 Å². The van der Waals surface area contributed by atoms with Crippen molar-refractivity contribution in [3.8, 4) is 5.75 Å². The lowest BCUT2D eigenvalue weighted by Gasteiger charge is -2.10. The third-order valence-electron chi connectivity index (χ3n) is 2.43. The molecule has 1 aromatic carbocycles. The number of halogens is 1. The van der Waals surface area contributed by atoms with Gasteiger partial charge in [0.1, 0.15) is 5.75 Å². The molecule has 0 spiro atoms. The van der Waals surface area contributed by atoms with Gasteiger partial charge in [0, 0.05) is 10.5 Å². The van der Waals surface area contributed by atoms with E-state index in [1.807, 2.05) is 0 Å². The first-order chi connectivity index (χ1) is 7.16. The van der Waals surface area contributed by atoms with Crippen LogP contribution in [0.3, 0.4) is 0 Å². The second-order valence-electron chi connectivity index (χ2n) is 3.81. The van der Waals surface area contributed by atoms with Crippen molar-refractivity contribution < 1.29 is 14.8 Å².